The maximum absolute atomic E-state index is 11.2. The molecule has 0 radical (unpaired) electrons. The highest BCUT2D eigenvalue weighted by Gasteiger charge is 2.20. The first kappa shape index (κ1) is 10.7. The molecule has 0 aliphatic carbocycles. The number of aromatic nitrogens is 2. The first-order chi connectivity index (χ1) is 7.63. The molecule has 0 aromatic carbocycles. The lowest BCUT2D eigenvalue weighted by Crippen LogP contribution is -2.32. The summed E-state index contributed by atoms with van der Waals surface area (Å²) in [5.41, 5.74) is -0.176. The summed E-state index contributed by atoms with van der Waals surface area (Å²) in [6.07, 6.45) is 1.40. The van der Waals surface area contributed by atoms with Crippen molar-refractivity contribution in [1.29, 1.82) is 0 Å². The van der Waals surface area contributed by atoms with Gasteiger partial charge in [-0.05, 0) is 13.3 Å². The molecule has 1 atom stereocenters. The number of rotatable bonds is 3. The van der Waals surface area contributed by atoms with Gasteiger partial charge in [0.25, 0.3) is 5.56 Å². The molecule has 1 aromatic heterocycles. The average Bonchev–Trinajstić information content (AvgIpc) is 2.60. The normalized spacial score (nSPS) is 19.6. The van der Waals surface area contributed by atoms with Crippen molar-refractivity contribution in [2.75, 3.05) is 11.9 Å². The molecule has 0 spiro atoms. The van der Waals surface area contributed by atoms with Crippen LogP contribution in [0.15, 0.2) is 10.9 Å². The van der Waals surface area contributed by atoms with Crippen molar-refractivity contribution in [3.63, 3.8) is 0 Å². The average molecular weight is 222 g/mol. The minimum Gasteiger partial charge on any atom is -0.368 e. The summed E-state index contributed by atoms with van der Waals surface area (Å²) in [6, 6.07) is 1.54. The maximum atomic E-state index is 11.2. The monoisotopic (exact) mass is 222 g/mol. The van der Waals surface area contributed by atoms with Crippen LogP contribution >= 0.6 is 0 Å². The fourth-order valence-electron chi connectivity index (χ4n) is 1.73. The summed E-state index contributed by atoms with van der Waals surface area (Å²) in [5.74, 6) is 1.20. The number of aromatic amines is 1. The second kappa shape index (κ2) is 4.34. The molecule has 1 aliphatic heterocycles. The Morgan fingerprint density at radius 3 is 3.00 bits per heavy atom. The Bertz CT molecular complexity index is 454. The standard InChI is InChI=1S/C10H14N4O2/c1-6-12-8(4-10(16)13-6)11-5-7-2-3-9(15)14-7/h4,7H,2-3,5H2,1H3,(H,14,15)(H2,11,12,13,16). The van der Waals surface area contributed by atoms with Gasteiger partial charge in [0.1, 0.15) is 11.6 Å². The molecule has 0 saturated carbocycles. The summed E-state index contributed by atoms with van der Waals surface area (Å²) in [5, 5.41) is 5.88. The Balaban J connectivity index is 1.94. The minimum atomic E-state index is -0.176. The van der Waals surface area contributed by atoms with Gasteiger partial charge in [-0.15, -0.1) is 0 Å². The van der Waals surface area contributed by atoms with Crippen LogP contribution in [0.1, 0.15) is 18.7 Å². The number of nitrogens with one attached hydrogen (secondary N) is 3. The van der Waals surface area contributed by atoms with Gasteiger partial charge in [0.15, 0.2) is 0 Å². The second-order valence-electron chi connectivity index (χ2n) is 3.90. The number of H-pyrrole nitrogens is 1. The van der Waals surface area contributed by atoms with Gasteiger partial charge in [-0.2, -0.15) is 0 Å². The molecule has 1 aromatic rings. The van der Waals surface area contributed by atoms with E-state index in [4.69, 9.17) is 0 Å². The summed E-state index contributed by atoms with van der Waals surface area (Å²) < 4.78 is 0. The summed E-state index contributed by atoms with van der Waals surface area (Å²) in [4.78, 5) is 28.8. The number of carbonyl (C=O) groups is 1. The third kappa shape index (κ3) is 2.59. The van der Waals surface area contributed by atoms with Crippen LogP contribution in [0, 0.1) is 6.92 Å². The van der Waals surface area contributed by atoms with Crippen LogP contribution in [-0.2, 0) is 4.79 Å². The third-order valence-electron chi connectivity index (χ3n) is 2.47. The predicted octanol–water partition coefficient (Wildman–Crippen LogP) is -0.231. The molecule has 1 unspecified atom stereocenters. The van der Waals surface area contributed by atoms with E-state index in [9.17, 15) is 9.59 Å². The van der Waals surface area contributed by atoms with E-state index in [0.717, 1.165) is 6.42 Å². The lowest BCUT2D eigenvalue weighted by atomic mass is 10.2. The van der Waals surface area contributed by atoms with Crippen molar-refractivity contribution in [3.05, 3.63) is 22.2 Å². The Kier molecular flexibility index (Phi) is 2.89. The van der Waals surface area contributed by atoms with E-state index in [0.29, 0.717) is 24.6 Å². The lowest BCUT2D eigenvalue weighted by Gasteiger charge is -2.11. The Morgan fingerprint density at radius 2 is 2.38 bits per heavy atom. The highest BCUT2D eigenvalue weighted by Crippen LogP contribution is 2.07. The topological polar surface area (TPSA) is 86.9 Å². The van der Waals surface area contributed by atoms with Gasteiger partial charge < -0.3 is 15.6 Å². The number of nitrogens with zero attached hydrogens (tertiary/aromatic N) is 1. The Hall–Kier alpha value is -1.85. The van der Waals surface area contributed by atoms with E-state index >= 15 is 0 Å². The van der Waals surface area contributed by atoms with Gasteiger partial charge in [-0.1, -0.05) is 0 Å². The summed E-state index contributed by atoms with van der Waals surface area (Å²) in [6.45, 7) is 2.32. The molecule has 6 nitrogen and oxygen atoms in total. The van der Waals surface area contributed by atoms with E-state index in [1.807, 2.05) is 0 Å². The van der Waals surface area contributed by atoms with Crippen LogP contribution in [0.2, 0.25) is 0 Å². The van der Waals surface area contributed by atoms with E-state index in [1.165, 1.54) is 6.07 Å². The van der Waals surface area contributed by atoms with Crippen molar-refractivity contribution in [2.24, 2.45) is 0 Å². The second-order valence-corrected chi connectivity index (χ2v) is 3.90. The van der Waals surface area contributed by atoms with Crippen molar-refractivity contribution in [1.82, 2.24) is 15.3 Å². The number of amides is 1. The first-order valence-electron chi connectivity index (χ1n) is 5.25. The maximum Gasteiger partial charge on any atom is 0.252 e. The molecule has 0 bridgehead atoms. The summed E-state index contributed by atoms with van der Waals surface area (Å²) in [7, 11) is 0. The number of aryl methyl sites for hydroxylation is 1. The largest absolute Gasteiger partial charge is 0.368 e. The molecule has 3 N–H and O–H groups in total. The molecule has 2 heterocycles. The van der Waals surface area contributed by atoms with Crippen molar-refractivity contribution < 1.29 is 4.79 Å². The molecule has 1 saturated heterocycles. The van der Waals surface area contributed by atoms with Gasteiger partial charge >= 0.3 is 0 Å². The van der Waals surface area contributed by atoms with Crippen molar-refractivity contribution in [2.45, 2.75) is 25.8 Å². The molecule has 1 aliphatic rings. The number of hydrogen-bond donors (Lipinski definition) is 3. The molecule has 86 valence electrons. The van der Waals surface area contributed by atoms with E-state index in [2.05, 4.69) is 20.6 Å². The Morgan fingerprint density at radius 1 is 1.56 bits per heavy atom. The zero-order valence-corrected chi connectivity index (χ0v) is 9.04. The number of hydrogen-bond acceptors (Lipinski definition) is 4. The van der Waals surface area contributed by atoms with Gasteiger partial charge in [0.2, 0.25) is 5.91 Å². The highest BCUT2D eigenvalue weighted by atomic mass is 16.2. The first-order valence-corrected chi connectivity index (χ1v) is 5.25. The van der Waals surface area contributed by atoms with Crippen LogP contribution < -0.4 is 16.2 Å². The SMILES string of the molecule is Cc1nc(NCC2CCC(=O)N2)cc(=O)[nH]1. The van der Waals surface area contributed by atoms with Crippen LogP contribution in [0.3, 0.4) is 0 Å². The molecular weight excluding hydrogens is 208 g/mol. The van der Waals surface area contributed by atoms with E-state index in [1.54, 1.807) is 6.92 Å². The quantitative estimate of drug-likeness (QED) is 0.659. The predicted molar refractivity (Wildman–Crippen MR) is 59.2 cm³/mol. The fraction of sp³-hybridized carbons (Fsp3) is 0.500. The Labute approximate surface area is 92.5 Å². The van der Waals surface area contributed by atoms with E-state index in [-0.39, 0.29) is 17.5 Å². The molecule has 1 fully saturated rings. The van der Waals surface area contributed by atoms with Crippen LogP contribution in [-0.4, -0.2) is 28.5 Å². The number of carbonyl (C=O) groups excluding carboxylic acids is 1. The molecule has 16 heavy (non-hydrogen) atoms. The van der Waals surface area contributed by atoms with Crippen LogP contribution in [0.5, 0.6) is 0 Å². The van der Waals surface area contributed by atoms with Crippen molar-refractivity contribution in [3.8, 4) is 0 Å². The molecular formula is C10H14N4O2. The third-order valence-corrected chi connectivity index (χ3v) is 2.47. The van der Waals surface area contributed by atoms with Crippen LogP contribution in [0.25, 0.3) is 0 Å². The van der Waals surface area contributed by atoms with Crippen molar-refractivity contribution >= 4 is 11.7 Å². The summed E-state index contributed by atoms with van der Waals surface area (Å²) >= 11 is 0. The zero-order chi connectivity index (χ0) is 11.5. The fourth-order valence-corrected chi connectivity index (χ4v) is 1.73. The highest BCUT2D eigenvalue weighted by molar-refractivity contribution is 5.78. The minimum absolute atomic E-state index is 0.0850. The number of anilines is 1. The molecule has 1 amide bonds. The van der Waals surface area contributed by atoms with Gasteiger partial charge in [-0.25, -0.2) is 4.98 Å². The smallest absolute Gasteiger partial charge is 0.252 e. The van der Waals surface area contributed by atoms with Crippen LogP contribution in [0.4, 0.5) is 5.82 Å². The molecule has 2 rings (SSSR count). The lowest BCUT2D eigenvalue weighted by molar-refractivity contribution is -0.119. The van der Waals surface area contributed by atoms with Gasteiger partial charge in [-0.3, -0.25) is 9.59 Å². The van der Waals surface area contributed by atoms with Gasteiger partial charge in [0.05, 0.1) is 0 Å². The molecule has 6 heteroatoms. The van der Waals surface area contributed by atoms with E-state index < -0.39 is 0 Å². The zero-order valence-electron chi connectivity index (χ0n) is 9.04. The van der Waals surface area contributed by atoms with Gasteiger partial charge in [0, 0.05) is 25.1 Å².